The van der Waals surface area contributed by atoms with Gasteiger partial charge in [0, 0.05) is 30.5 Å². The largest absolute Gasteiger partial charge is 0.370 e. The van der Waals surface area contributed by atoms with Crippen molar-refractivity contribution in [3.63, 3.8) is 0 Å². The summed E-state index contributed by atoms with van der Waals surface area (Å²) in [4.78, 5) is 3.55. The zero-order valence-corrected chi connectivity index (χ0v) is 11.2. The van der Waals surface area contributed by atoms with E-state index >= 15 is 0 Å². The molecule has 1 atom stereocenters. The van der Waals surface area contributed by atoms with Gasteiger partial charge >= 0.3 is 5.98 Å². The molecule has 0 amide bonds. The molecular weight excluding hydrogens is 264 g/mol. The van der Waals surface area contributed by atoms with Crippen LogP contribution >= 0.6 is 0 Å². The molecule has 106 valence electrons. The lowest BCUT2D eigenvalue weighted by Gasteiger charge is -2.15. The Bertz CT molecular complexity index is 656. The fourth-order valence-corrected chi connectivity index (χ4v) is 1.80. The van der Waals surface area contributed by atoms with Gasteiger partial charge in [0.05, 0.1) is 0 Å². The average molecular weight is 279 g/mol. The summed E-state index contributed by atoms with van der Waals surface area (Å²) < 4.78 is 31.7. The Kier molecular flexibility index (Phi) is 3.85. The van der Waals surface area contributed by atoms with Gasteiger partial charge in [0.15, 0.2) is 5.96 Å². The number of nitrogens with one attached hydrogen (secondary N) is 1. The summed E-state index contributed by atoms with van der Waals surface area (Å²) in [5, 5.41) is 3.82. The molecule has 2 aromatic rings. The van der Waals surface area contributed by atoms with Crippen LogP contribution in [0.5, 0.6) is 0 Å². The number of fused-ring (bicyclic) bond motifs is 1. The third-order valence-electron chi connectivity index (χ3n) is 2.83. The number of anilines is 1. The topological polar surface area (TPSA) is 59.6 Å². The fourth-order valence-electron chi connectivity index (χ4n) is 1.80. The van der Waals surface area contributed by atoms with Crippen LogP contribution in [0.1, 0.15) is 6.92 Å². The highest BCUT2D eigenvalue weighted by atomic mass is 19.2. The van der Waals surface area contributed by atoms with Gasteiger partial charge < -0.3 is 15.8 Å². The van der Waals surface area contributed by atoms with Crippen molar-refractivity contribution in [2.75, 3.05) is 12.4 Å². The van der Waals surface area contributed by atoms with Crippen molar-refractivity contribution in [3.8, 4) is 0 Å². The molecule has 0 radical (unpaired) electrons. The molecule has 20 heavy (non-hydrogen) atoms. The highest BCUT2D eigenvalue weighted by Gasteiger charge is 2.20. The standard InChI is InChI=1S/C14H15F2N3O/c1-14(16,20-2)19-13(17)18-12-8-7-11(15)9-5-3-4-6-10(9)12/h3-8H,1-2H3,(H3,17,18,19). The maximum atomic E-state index is 13.7. The number of guanidine groups is 1. The number of ether oxygens (including phenoxy) is 1. The normalized spacial score (nSPS) is 15.1. The Labute approximate surface area is 115 Å². The second-order valence-electron chi connectivity index (χ2n) is 4.34. The number of benzene rings is 2. The lowest BCUT2D eigenvalue weighted by Crippen LogP contribution is -2.29. The molecule has 0 heterocycles. The Hall–Kier alpha value is -2.21. The number of nitrogens with zero attached hydrogens (tertiary/aromatic N) is 1. The summed E-state index contributed by atoms with van der Waals surface area (Å²) >= 11 is 0. The molecule has 0 aliphatic heterocycles. The number of methoxy groups -OCH3 is 1. The minimum absolute atomic E-state index is 0.159. The van der Waals surface area contributed by atoms with E-state index in [1.54, 1.807) is 24.3 Å². The molecule has 3 N–H and O–H groups in total. The van der Waals surface area contributed by atoms with Gasteiger partial charge in [-0.25, -0.2) is 4.39 Å². The zero-order valence-electron chi connectivity index (χ0n) is 11.2. The summed E-state index contributed by atoms with van der Waals surface area (Å²) in [6, 6.07) is 9.72. The van der Waals surface area contributed by atoms with Gasteiger partial charge in [-0.15, -0.1) is 0 Å². The van der Waals surface area contributed by atoms with Crippen LogP contribution in [0.2, 0.25) is 0 Å². The third-order valence-corrected chi connectivity index (χ3v) is 2.83. The third kappa shape index (κ3) is 3.03. The van der Waals surface area contributed by atoms with Gasteiger partial charge in [-0.2, -0.15) is 9.38 Å². The predicted octanol–water partition coefficient (Wildman–Crippen LogP) is 3.00. The van der Waals surface area contributed by atoms with E-state index in [-0.39, 0.29) is 11.8 Å². The molecular formula is C14H15F2N3O. The SMILES string of the molecule is COC(C)(F)/N=C(\N)Nc1ccc(F)c2ccccc12. The highest BCUT2D eigenvalue weighted by Crippen LogP contribution is 2.25. The molecule has 0 saturated carbocycles. The fraction of sp³-hybridized carbons (Fsp3) is 0.214. The zero-order chi connectivity index (χ0) is 14.8. The molecule has 0 spiro atoms. The summed E-state index contributed by atoms with van der Waals surface area (Å²) in [6.45, 7) is 1.13. The monoisotopic (exact) mass is 279 g/mol. The number of aliphatic imine (C=N–C) groups is 1. The van der Waals surface area contributed by atoms with E-state index in [0.29, 0.717) is 16.5 Å². The second kappa shape index (κ2) is 5.42. The van der Waals surface area contributed by atoms with Gasteiger partial charge in [0.25, 0.3) is 0 Å². The van der Waals surface area contributed by atoms with Gasteiger partial charge in [0.1, 0.15) is 5.82 Å². The number of hydrogen-bond acceptors (Lipinski definition) is 2. The smallest absolute Gasteiger partial charge is 0.306 e. The Morgan fingerprint density at radius 3 is 2.55 bits per heavy atom. The van der Waals surface area contributed by atoms with Gasteiger partial charge in [-0.1, -0.05) is 24.3 Å². The first-order chi connectivity index (χ1) is 9.43. The van der Waals surface area contributed by atoms with Crippen LogP contribution < -0.4 is 11.1 Å². The highest BCUT2D eigenvalue weighted by molar-refractivity contribution is 6.02. The van der Waals surface area contributed by atoms with Crippen molar-refractivity contribution in [3.05, 3.63) is 42.2 Å². The van der Waals surface area contributed by atoms with Crippen molar-refractivity contribution < 1.29 is 13.5 Å². The Morgan fingerprint density at radius 1 is 1.25 bits per heavy atom. The first-order valence-electron chi connectivity index (χ1n) is 5.96. The van der Waals surface area contributed by atoms with Crippen LogP contribution in [-0.2, 0) is 4.74 Å². The summed E-state index contributed by atoms with van der Waals surface area (Å²) in [6.07, 6.45) is 0. The van der Waals surface area contributed by atoms with Crippen LogP contribution in [0.15, 0.2) is 41.4 Å². The van der Waals surface area contributed by atoms with Crippen molar-refractivity contribution in [1.29, 1.82) is 0 Å². The van der Waals surface area contributed by atoms with Gasteiger partial charge in [-0.05, 0) is 12.1 Å². The molecule has 2 rings (SSSR count). The lowest BCUT2D eigenvalue weighted by molar-refractivity contribution is -0.0969. The lowest BCUT2D eigenvalue weighted by atomic mass is 10.1. The molecule has 0 aliphatic carbocycles. The number of nitrogens with two attached hydrogens (primary N) is 1. The van der Waals surface area contributed by atoms with Crippen molar-refractivity contribution in [1.82, 2.24) is 0 Å². The van der Waals surface area contributed by atoms with Crippen LogP contribution in [-0.4, -0.2) is 19.0 Å². The van der Waals surface area contributed by atoms with E-state index in [4.69, 9.17) is 5.73 Å². The Morgan fingerprint density at radius 2 is 1.90 bits per heavy atom. The molecule has 4 nitrogen and oxygen atoms in total. The van der Waals surface area contributed by atoms with E-state index in [0.717, 1.165) is 6.92 Å². The van der Waals surface area contributed by atoms with E-state index in [1.807, 2.05) is 0 Å². The first-order valence-corrected chi connectivity index (χ1v) is 5.96. The molecule has 0 bridgehead atoms. The summed E-state index contributed by atoms with van der Waals surface area (Å²) in [5.74, 6) is -2.71. The van der Waals surface area contributed by atoms with Crippen molar-refractivity contribution in [2.24, 2.45) is 10.7 Å². The average Bonchev–Trinajstić information content (AvgIpc) is 2.42. The van der Waals surface area contributed by atoms with Crippen LogP contribution in [0.25, 0.3) is 10.8 Å². The Balaban J connectivity index is 2.38. The van der Waals surface area contributed by atoms with E-state index in [2.05, 4.69) is 15.0 Å². The molecule has 2 aromatic carbocycles. The van der Waals surface area contributed by atoms with Crippen LogP contribution in [0, 0.1) is 5.82 Å². The minimum Gasteiger partial charge on any atom is -0.370 e. The number of rotatable bonds is 3. The first kappa shape index (κ1) is 14.2. The molecule has 6 heteroatoms. The predicted molar refractivity (Wildman–Crippen MR) is 75.7 cm³/mol. The molecule has 0 fully saturated rings. The van der Waals surface area contributed by atoms with Crippen LogP contribution in [0.3, 0.4) is 0 Å². The molecule has 0 aliphatic rings. The van der Waals surface area contributed by atoms with Gasteiger partial charge in [0.2, 0.25) is 0 Å². The van der Waals surface area contributed by atoms with Gasteiger partial charge in [-0.3, -0.25) is 0 Å². The molecule has 0 aromatic heterocycles. The summed E-state index contributed by atoms with van der Waals surface area (Å²) in [7, 11) is 1.18. The second-order valence-corrected chi connectivity index (χ2v) is 4.34. The van der Waals surface area contributed by atoms with Crippen molar-refractivity contribution >= 4 is 22.4 Å². The molecule has 0 saturated heterocycles. The maximum Gasteiger partial charge on any atom is 0.306 e. The quantitative estimate of drug-likeness (QED) is 0.516. The molecule has 1 unspecified atom stereocenters. The summed E-state index contributed by atoms with van der Waals surface area (Å²) in [5.41, 5.74) is 6.16. The minimum atomic E-state index is -2.22. The van der Waals surface area contributed by atoms with E-state index < -0.39 is 5.98 Å². The maximum absolute atomic E-state index is 13.7. The van der Waals surface area contributed by atoms with Crippen LogP contribution in [0.4, 0.5) is 14.5 Å². The van der Waals surface area contributed by atoms with E-state index in [1.165, 1.54) is 19.2 Å². The number of alkyl halides is 1. The number of halogens is 2. The van der Waals surface area contributed by atoms with E-state index in [9.17, 15) is 8.78 Å². The van der Waals surface area contributed by atoms with Crippen molar-refractivity contribution in [2.45, 2.75) is 12.9 Å². The number of hydrogen-bond donors (Lipinski definition) is 2.